The lowest BCUT2D eigenvalue weighted by molar-refractivity contribution is -0.145. The maximum absolute atomic E-state index is 14.1. The molecule has 4 fully saturated rings. The molecule has 0 aliphatic carbocycles. The van der Waals surface area contributed by atoms with Gasteiger partial charge in [0.05, 0.1) is 37.7 Å². The highest BCUT2D eigenvalue weighted by Gasteiger charge is 2.48. The number of nitrogens with zero attached hydrogens (tertiary/aromatic N) is 3. The minimum absolute atomic E-state index is 0.00446. The second kappa shape index (κ2) is 35.8. The van der Waals surface area contributed by atoms with Crippen molar-refractivity contribution in [1.82, 2.24) is 62.6 Å². The first-order valence-electron chi connectivity index (χ1n) is 33.1. The van der Waals surface area contributed by atoms with Crippen LogP contribution in [0.25, 0.3) is 20.9 Å². The molecule has 34 heteroatoms. The van der Waals surface area contributed by atoms with Crippen LogP contribution in [0.2, 0.25) is 0 Å². The third kappa shape index (κ3) is 21.1. The maximum Gasteiger partial charge on any atom is 0.247 e. The molecule has 0 bridgehead atoms. The zero-order valence-electron chi connectivity index (χ0n) is 58.4. The fourth-order valence-corrected chi connectivity index (χ4v) is 14.6. The number of aryl methyl sites for hydroxylation is 2. The van der Waals surface area contributed by atoms with Crippen molar-refractivity contribution >= 4 is 111 Å². The third-order valence-electron chi connectivity index (χ3n) is 17.4. The molecule has 2 aromatic heterocycles. The van der Waals surface area contributed by atoms with Crippen molar-refractivity contribution in [1.29, 1.82) is 0 Å². The maximum atomic E-state index is 14.1. The molecule has 4 saturated heterocycles. The van der Waals surface area contributed by atoms with Crippen molar-refractivity contribution in [2.75, 3.05) is 77.6 Å². The van der Waals surface area contributed by atoms with Gasteiger partial charge in [0.15, 0.2) is 0 Å². The number of aliphatic hydroxyl groups is 2. The third-order valence-corrected chi connectivity index (χ3v) is 20.6. The predicted octanol–water partition coefficient (Wildman–Crippen LogP) is -1.93. The number of carbonyl (C=O) groups excluding carboxylic acids is 13. The number of hydrogen-bond donors (Lipinski definition) is 14. The van der Waals surface area contributed by atoms with Gasteiger partial charge in [-0.05, 0) is 81.0 Å². The number of likely N-dealkylation sites (N-methyl/N-ethyl adjacent to an activating group) is 1. The highest BCUT2D eigenvalue weighted by atomic mass is 32.2. The first-order chi connectivity index (χ1) is 48.1. The minimum Gasteiger partial charge on any atom is -0.391 e. The summed E-state index contributed by atoms with van der Waals surface area (Å²) in [6.07, 6.45) is -2.31. The van der Waals surface area contributed by atoms with Crippen LogP contribution in [0, 0.1) is 24.7 Å². The van der Waals surface area contributed by atoms with Gasteiger partial charge in [-0.25, -0.2) is 0 Å². The molecule has 102 heavy (non-hydrogen) atoms. The van der Waals surface area contributed by atoms with Crippen LogP contribution in [0.5, 0.6) is 0 Å². The SMILES string of the molecule is Cc1ccsc1-c1ccc([C@H]2NC(=O)[C@@H]3C[C@@H](O)CN3C(=O)[C@H](C(C)(C)C)NC(=O)COCCNC(=O)[C@@H](CN)NC(=O)CNC2=O)cc1.Cc1ccsc1-c1ccc([C@H]2NC(=O)[C@@H]3C[C@@H](O)CN3C(=O)[C@H](C(C)(C)C)NC(=O)CSC[C@H](C(N)=O)N(C)C(=O)[C@@H](CN)NC(=O)CNC2=O)cc1. The van der Waals surface area contributed by atoms with E-state index in [1.807, 2.05) is 48.9 Å². The molecule has 4 aromatic rings. The van der Waals surface area contributed by atoms with Gasteiger partial charge in [0, 0.05) is 68.1 Å². The molecule has 4 aliphatic heterocycles. The second-order valence-corrected chi connectivity index (χ2v) is 30.3. The number of hydrogen-bond acceptors (Lipinski definition) is 21. The summed E-state index contributed by atoms with van der Waals surface area (Å²) in [5, 5.41) is 48.6. The minimum atomic E-state index is -1.35. The number of thiophene rings is 2. The Morgan fingerprint density at radius 2 is 0.980 bits per heavy atom. The van der Waals surface area contributed by atoms with Crippen LogP contribution in [0.4, 0.5) is 0 Å². The summed E-state index contributed by atoms with van der Waals surface area (Å²) >= 11 is 4.11. The van der Waals surface area contributed by atoms with Gasteiger partial charge in [-0.3, -0.25) is 62.3 Å². The summed E-state index contributed by atoms with van der Waals surface area (Å²) in [6.45, 7) is 11.9. The number of rotatable bonds is 7. The molecule has 13 amide bonds. The van der Waals surface area contributed by atoms with E-state index < -0.39 is 174 Å². The lowest BCUT2D eigenvalue weighted by Crippen LogP contribution is -2.58. The molecule has 31 nitrogen and oxygen atoms in total. The highest BCUT2D eigenvalue weighted by Crippen LogP contribution is 2.34. The number of nitrogens with two attached hydrogens (primary N) is 3. The van der Waals surface area contributed by atoms with Crippen LogP contribution in [0.15, 0.2) is 71.4 Å². The molecular weight excluding hydrogens is 1380 g/mol. The van der Waals surface area contributed by atoms with Crippen molar-refractivity contribution in [3.63, 3.8) is 0 Å². The van der Waals surface area contributed by atoms with Crippen LogP contribution < -0.4 is 65.1 Å². The molecule has 554 valence electrons. The molecular formula is C68H93N15O16S3. The standard InChI is InChI=1S/C35H48N8O8S2.C33H45N7O8S/c1-18-10-11-53-28(18)20-8-6-19(7-9-20)27-32(49)38-14-25(45)39-22(13-36)33(50)42(5)24(30(37)47)16-52-17-26(46)40-29(35(2,3)4)34(51)43-15-21(44)12-23(43)31(48)41-27;1-18-9-12-49-27(18)20-7-5-19(6-8-20)26-31(46)36-15-24(42)37-22(14-34)29(44)35-10-11-48-17-25(43)38-28(33(2,3)4)32(47)40-16-21(41)13-23(40)30(45)39-26/h6-11,21-24,27,29,44H,12-17,36H2,1-5H3,(H2,37,47)(H,38,49)(H,39,45)(H,40,46)(H,41,48);5-9,12,21-23,26,28,41H,10-11,13-17,34H2,1-4H3,(H,35,44)(H,36,46)(H,37,42)(H,38,43)(H,39,45)/t21-,22-,23+,24-,27-,29-;21-,22-,23+,26-,28-/m11/s1. The largest absolute Gasteiger partial charge is 0.391 e. The van der Waals surface area contributed by atoms with Crippen molar-refractivity contribution < 1.29 is 77.3 Å². The van der Waals surface area contributed by atoms with Gasteiger partial charge >= 0.3 is 0 Å². The Labute approximate surface area is 603 Å². The van der Waals surface area contributed by atoms with E-state index >= 15 is 0 Å². The Bertz CT molecular complexity index is 3730. The van der Waals surface area contributed by atoms with E-state index in [0.717, 1.165) is 48.7 Å². The fourth-order valence-electron chi connectivity index (χ4n) is 11.8. The smallest absolute Gasteiger partial charge is 0.247 e. The number of thioether (sulfide) groups is 1. The van der Waals surface area contributed by atoms with Crippen molar-refractivity contribution in [3.8, 4) is 20.9 Å². The Kier molecular flexibility index (Phi) is 28.2. The number of aliphatic hydroxyl groups excluding tert-OH is 2. The summed E-state index contributed by atoms with van der Waals surface area (Å²) in [4.78, 5) is 179. The summed E-state index contributed by atoms with van der Waals surface area (Å²) in [6, 6.07) is 7.15. The van der Waals surface area contributed by atoms with Gasteiger partial charge in [0.25, 0.3) is 0 Å². The number of ether oxygens (including phenoxy) is 1. The number of carbonyl (C=O) groups is 13. The topological polar surface area (TPSA) is 468 Å². The molecule has 8 rings (SSSR count). The average Bonchev–Trinajstić information content (AvgIpc) is 1.61. The van der Waals surface area contributed by atoms with Crippen LogP contribution >= 0.6 is 34.4 Å². The zero-order valence-corrected chi connectivity index (χ0v) is 60.8. The van der Waals surface area contributed by atoms with E-state index in [9.17, 15) is 72.5 Å². The molecule has 11 atom stereocenters. The van der Waals surface area contributed by atoms with E-state index in [1.165, 1.54) is 16.8 Å². The van der Waals surface area contributed by atoms with Crippen molar-refractivity contribution in [2.45, 2.75) is 135 Å². The van der Waals surface area contributed by atoms with Crippen LogP contribution in [0.1, 0.15) is 88.7 Å². The van der Waals surface area contributed by atoms with Gasteiger partial charge in [-0.1, -0.05) is 90.1 Å². The fraction of sp³-hybridized carbons (Fsp3) is 0.515. The summed E-state index contributed by atoms with van der Waals surface area (Å²) < 4.78 is 5.38. The van der Waals surface area contributed by atoms with Gasteiger partial charge in [0.2, 0.25) is 76.8 Å². The lowest BCUT2D eigenvalue weighted by atomic mass is 9.85. The molecule has 4 aliphatic rings. The summed E-state index contributed by atoms with van der Waals surface area (Å²) in [7, 11) is 1.32. The van der Waals surface area contributed by atoms with E-state index in [-0.39, 0.29) is 63.7 Å². The Balaban J connectivity index is 0.000000287. The number of fused-ring (bicyclic) bond motifs is 2. The Morgan fingerprint density at radius 1 is 0.549 bits per heavy atom. The van der Waals surface area contributed by atoms with Gasteiger partial charge in [-0.15, -0.1) is 34.4 Å². The second-order valence-electron chi connectivity index (χ2n) is 27.4. The quantitative estimate of drug-likeness (QED) is 0.0958. The average molecular weight is 1470 g/mol. The summed E-state index contributed by atoms with van der Waals surface area (Å²) in [5.74, 6) is -9.23. The zero-order chi connectivity index (χ0) is 75.1. The Morgan fingerprint density at radius 3 is 1.38 bits per heavy atom. The number of nitrogens with one attached hydrogen (secondary N) is 9. The molecule has 17 N–H and O–H groups in total. The van der Waals surface area contributed by atoms with Crippen LogP contribution in [-0.2, 0) is 67.1 Å². The van der Waals surface area contributed by atoms with E-state index in [0.29, 0.717) is 11.1 Å². The predicted molar refractivity (Wildman–Crippen MR) is 381 cm³/mol. The normalized spacial score (nSPS) is 25.9. The molecule has 6 heterocycles. The van der Waals surface area contributed by atoms with Crippen LogP contribution in [-0.4, -0.2) is 234 Å². The first-order valence-corrected chi connectivity index (χ1v) is 36.0. The van der Waals surface area contributed by atoms with Crippen LogP contribution in [0.3, 0.4) is 0 Å². The van der Waals surface area contributed by atoms with E-state index in [1.54, 1.807) is 101 Å². The van der Waals surface area contributed by atoms with Crippen molar-refractivity contribution in [2.24, 2.45) is 28.0 Å². The van der Waals surface area contributed by atoms with Gasteiger partial charge < -0.3 is 94.7 Å². The van der Waals surface area contributed by atoms with E-state index in [4.69, 9.17) is 21.9 Å². The molecule has 0 unspecified atom stereocenters. The molecule has 0 saturated carbocycles. The molecule has 2 aromatic carbocycles. The van der Waals surface area contributed by atoms with Crippen molar-refractivity contribution in [3.05, 3.63) is 93.7 Å². The number of benzene rings is 2. The lowest BCUT2D eigenvalue weighted by Gasteiger charge is -2.35. The first kappa shape index (κ1) is 80.4. The number of amides is 13. The highest BCUT2D eigenvalue weighted by molar-refractivity contribution is 8.00. The molecule has 0 radical (unpaired) electrons. The number of primary amides is 1. The Hall–Kier alpha value is -8.90. The summed E-state index contributed by atoms with van der Waals surface area (Å²) in [5.41, 5.74) is 20.2. The van der Waals surface area contributed by atoms with Gasteiger partial charge in [-0.2, -0.15) is 0 Å². The molecule has 0 spiro atoms. The van der Waals surface area contributed by atoms with E-state index in [2.05, 4.69) is 47.9 Å². The monoisotopic (exact) mass is 1470 g/mol. The van der Waals surface area contributed by atoms with Gasteiger partial charge in [0.1, 0.15) is 61.0 Å².